The number of hydrogen-bond acceptors (Lipinski definition) is 2. The first kappa shape index (κ1) is 27.9. The number of carbonyl (C=O) groups is 2. The van der Waals surface area contributed by atoms with Crippen molar-refractivity contribution >= 4 is 22.6 Å². The van der Waals surface area contributed by atoms with Gasteiger partial charge in [-0.15, -0.1) is 0 Å². The van der Waals surface area contributed by atoms with Crippen LogP contribution in [0.4, 0.5) is 0 Å². The molecule has 0 aliphatic rings. The summed E-state index contributed by atoms with van der Waals surface area (Å²) in [5.41, 5.74) is 5.46. The largest absolute Gasteiger partial charge is 0.480 e. The molecule has 0 aliphatic carbocycles. The highest BCUT2D eigenvalue weighted by molar-refractivity contribution is 5.97. The maximum atomic E-state index is 14.1. The molecule has 1 atom stereocenters. The van der Waals surface area contributed by atoms with Gasteiger partial charge >= 0.3 is 5.97 Å². The van der Waals surface area contributed by atoms with Gasteiger partial charge in [0.05, 0.1) is 0 Å². The van der Waals surface area contributed by atoms with Gasteiger partial charge in [-0.1, -0.05) is 130 Å². The fourth-order valence-corrected chi connectivity index (χ4v) is 5.23. The minimum Gasteiger partial charge on any atom is -0.480 e. The minimum atomic E-state index is -1.05. The second kappa shape index (κ2) is 11.8. The third kappa shape index (κ3) is 6.38. The number of carbonyl (C=O) groups excluding carboxylic acids is 1. The van der Waals surface area contributed by atoms with E-state index < -0.39 is 12.0 Å². The third-order valence-electron chi connectivity index (χ3n) is 7.63. The van der Waals surface area contributed by atoms with E-state index in [9.17, 15) is 14.7 Å². The van der Waals surface area contributed by atoms with E-state index in [1.165, 1.54) is 4.90 Å². The molecule has 0 radical (unpaired) electrons. The maximum Gasteiger partial charge on any atom is 0.326 e. The molecule has 206 valence electrons. The number of amides is 1. The highest BCUT2D eigenvalue weighted by atomic mass is 16.4. The normalized spacial score (nSPS) is 12.2. The first-order chi connectivity index (χ1) is 19.7. The molecule has 0 unspecified atom stereocenters. The van der Waals surface area contributed by atoms with Gasteiger partial charge in [0.25, 0.3) is 5.91 Å². The van der Waals surface area contributed by atoms with Crippen LogP contribution in [0.15, 0.2) is 121 Å². The molecule has 1 N–H and O–H groups in total. The Kier molecular flexibility index (Phi) is 8.02. The summed E-state index contributed by atoms with van der Waals surface area (Å²) in [4.78, 5) is 28.4. The lowest BCUT2D eigenvalue weighted by atomic mass is 9.86. The summed E-state index contributed by atoms with van der Waals surface area (Å²) in [6, 6.07) is 38.4. The molecular formula is C37H35NO3. The van der Waals surface area contributed by atoms with Crippen LogP contribution in [0.25, 0.3) is 21.9 Å². The molecule has 4 nitrogen and oxygen atoms in total. The molecule has 0 saturated carbocycles. The van der Waals surface area contributed by atoms with Crippen molar-refractivity contribution in [2.45, 2.75) is 45.2 Å². The van der Waals surface area contributed by atoms with E-state index in [4.69, 9.17) is 0 Å². The van der Waals surface area contributed by atoms with Crippen LogP contribution in [0, 0.1) is 0 Å². The van der Waals surface area contributed by atoms with Crippen molar-refractivity contribution in [2.75, 3.05) is 0 Å². The lowest BCUT2D eigenvalue weighted by molar-refractivity contribution is -0.142. The van der Waals surface area contributed by atoms with E-state index in [1.807, 2.05) is 121 Å². The Morgan fingerprint density at radius 3 is 1.98 bits per heavy atom. The smallest absolute Gasteiger partial charge is 0.326 e. The van der Waals surface area contributed by atoms with Crippen LogP contribution in [0.2, 0.25) is 0 Å². The third-order valence-corrected chi connectivity index (χ3v) is 7.63. The number of nitrogens with zero attached hydrogens (tertiary/aromatic N) is 1. The number of carboxylic acid groups (broad SMARTS) is 1. The van der Waals surface area contributed by atoms with Crippen LogP contribution in [0.5, 0.6) is 0 Å². The summed E-state index contributed by atoms with van der Waals surface area (Å²) in [7, 11) is 0. The Hall–Kier alpha value is -4.70. The molecule has 0 spiro atoms. The number of benzene rings is 5. The van der Waals surface area contributed by atoms with Gasteiger partial charge in [-0.2, -0.15) is 0 Å². The van der Waals surface area contributed by atoms with E-state index in [0.717, 1.165) is 38.6 Å². The van der Waals surface area contributed by atoms with Crippen molar-refractivity contribution in [1.29, 1.82) is 0 Å². The number of fused-ring (bicyclic) bond motifs is 1. The Morgan fingerprint density at radius 2 is 1.32 bits per heavy atom. The molecule has 0 bridgehead atoms. The van der Waals surface area contributed by atoms with E-state index in [0.29, 0.717) is 5.56 Å². The number of hydrogen-bond donors (Lipinski definition) is 1. The van der Waals surface area contributed by atoms with Crippen molar-refractivity contribution in [3.8, 4) is 11.1 Å². The highest BCUT2D eigenvalue weighted by Gasteiger charge is 2.31. The van der Waals surface area contributed by atoms with Crippen molar-refractivity contribution in [1.82, 2.24) is 4.90 Å². The van der Waals surface area contributed by atoms with Gasteiger partial charge in [0.2, 0.25) is 0 Å². The van der Waals surface area contributed by atoms with Crippen LogP contribution < -0.4 is 0 Å². The van der Waals surface area contributed by atoms with Gasteiger partial charge < -0.3 is 10.0 Å². The number of aliphatic carboxylic acids is 1. The lowest BCUT2D eigenvalue weighted by Gasteiger charge is -2.30. The average molecular weight is 542 g/mol. The van der Waals surface area contributed by atoms with Crippen LogP contribution in [-0.2, 0) is 23.2 Å². The zero-order chi connectivity index (χ0) is 29.0. The first-order valence-electron chi connectivity index (χ1n) is 14.0. The minimum absolute atomic E-state index is 0.0558. The molecule has 0 saturated heterocycles. The van der Waals surface area contributed by atoms with Crippen LogP contribution >= 0.6 is 0 Å². The summed E-state index contributed by atoms with van der Waals surface area (Å²) < 4.78 is 0. The van der Waals surface area contributed by atoms with Gasteiger partial charge in [0.15, 0.2) is 0 Å². The molecule has 5 rings (SSSR count). The second-order valence-electron chi connectivity index (χ2n) is 11.5. The fourth-order valence-electron chi connectivity index (χ4n) is 5.23. The number of rotatable bonds is 8. The molecule has 5 aromatic carbocycles. The first-order valence-corrected chi connectivity index (χ1v) is 14.0. The van der Waals surface area contributed by atoms with E-state index in [2.05, 4.69) is 20.8 Å². The average Bonchev–Trinajstić information content (AvgIpc) is 2.99. The van der Waals surface area contributed by atoms with Gasteiger partial charge in [-0.05, 0) is 56.1 Å². The Morgan fingerprint density at radius 1 is 0.707 bits per heavy atom. The number of carboxylic acids is 1. The van der Waals surface area contributed by atoms with Crippen LogP contribution in [0.3, 0.4) is 0 Å². The highest BCUT2D eigenvalue weighted by Crippen LogP contribution is 2.26. The molecule has 1 amide bonds. The van der Waals surface area contributed by atoms with Gasteiger partial charge in [0, 0.05) is 18.5 Å². The standard InChI is InChI=1S/C37H35NO3/c1-37(2,3)32-22-20-30(21-23-32)35(39)38(25-31-14-9-13-29-12-7-8-15-33(29)31)34(36(40)41)24-26-16-18-28(19-17-26)27-10-5-4-6-11-27/h4-23,34H,24-25H2,1-3H3,(H,40,41)/t34-/m0/s1. The molecule has 0 aromatic heterocycles. The van der Waals surface area contributed by atoms with Gasteiger partial charge in [0.1, 0.15) is 6.04 Å². The summed E-state index contributed by atoms with van der Waals surface area (Å²) in [6.45, 7) is 6.56. The Labute approximate surface area is 241 Å². The monoisotopic (exact) mass is 541 g/mol. The molecule has 0 heterocycles. The molecule has 41 heavy (non-hydrogen) atoms. The molecular weight excluding hydrogens is 506 g/mol. The molecule has 0 aliphatic heterocycles. The predicted molar refractivity (Wildman–Crippen MR) is 166 cm³/mol. The summed E-state index contributed by atoms with van der Waals surface area (Å²) in [5, 5.41) is 12.5. The lowest BCUT2D eigenvalue weighted by Crippen LogP contribution is -2.46. The zero-order valence-corrected chi connectivity index (χ0v) is 23.7. The quantitative estimate of drug-likeness (QED) is 0.216. The Balaban J connectivity index is 1.51. The van der Waals surface area contributed by atoms with Gasteiger partial charge in [-0.25, -0.2) is 4.79 Å². The topological polar surface area (TPSA) is 57.6 Å². The van der Waals surface area contributed by atoms with E-state index in [-0.39, 0.29) is 24.3 Å². The molecule has 5 aromatic rings. The zero-order valence-electron chi connectivity index (χ0n) is 23.7. The van der Waals surface area contributed by atoms with Crippen LogP contribution in [0.1, 0.15) is 47.8 Å². The van der Waals surface area contributed by atoms with E-state index in [1.54, 1.807) is 0 Å². The van der Waals surface area contributed by atoms with E-state index >= 15 is 0 Å². The van der Waals surface area contributed by atoms with Crippen molar-refractivity contribution in [2.24, 2.45) is 0 Å². The molecule has 4 heteroatoms. The van der Waals surface area contributed by atoms with Crippen molar-refractivity contribution in [3.63, 3.8) is 0 Å². The van der Waals surface area contributed by atoms with Crippen molar-refractivity contribution in [3.05, 3.63) is 144 Å². The fraction of sp³-hybridized carbons (Fsp3) is 0.189. The molecule has 0 fully saturated rings. The summed E-state index contributed by atoms with van der Waals surface area (Å²) in [5.74, 6) is -1.33. The predicted octanol–water partition coefficient (Wildman–Crippen LogP) is 8.14. The summed E-state index contributed by atoms with van der Waals surface area (Å²) >= 11 is 0. The SMILES string of the molecule is CC(C)(C)c1ccc(C(=O)N(Cc2cccc3ccccc23)[C@@H](Cc2ccc(-c3ccccc3)cc2)C(=O)O)cc1. The van der Waals surface area contributed by atoms with Gasteiger partial charge in [-0.3, -0.25) is 4.79 Å². The maximum absolute atomic E-state index is 14.1. The second-order valence-corrected chi connectivity index (χ2v) is 11.5. The van der Waals surface area contributed by atoms with Crippen LogP contribution in [-0.4, -0.2) is 27.9 Å². The van der Waals surface area contributed by atoms with Crippen molar-refractivity contribution < 1.29 is 14.7 Å². The summed E-state index contributed by atoms with van der Waals surface area (Å²) in [6.07, 6.45) is 0.195. The Bertz CT molecular complexity index is 1640.